The zero-order valence-electron chi connectivity index (χ0n) is 12.8. The maximum absolute atomic E-state index is 13.2. The molecule has 0 radical (unpaired) electrons. The van der Waals surface area contributed by atoms with E-state index < -0.39 is 17.8 Å². The summed E-state index contributed by atoms with van der Waals surface area (Å²) >= 11 is 0. The van der Waals surface area contributed by atoms with E-state index in [1.807, 2.05) is 4.90 Å². The van der Waals surface area contributed by atoms with Gasteiger partial charge < -0.3 is 19.4 Å². The summed E-state index contributed by atoms with van der Waals surface area (Å²) in [6.45, 7) is 3.75. The van der Waals surface area contributed by atoms with Crippen molar-refractivity contribution < 1.29 is 18.7 Å². The SMILES string of the molecule is O=C(C(=O)N1CCN(c2cccc(F)n2)CC1)N1CCOCC1. The molecule has 0 bridgehead atoms. The van der Waals surface area contributed by atoms with Gasteiger partial charge in [-0.3, -0.25) is 9.59 Å². The molecular weight excluding hydrogens is 303 g/mol. The number of hydrogen-bond acceptors (Lipinski definition) is 5. The molecule has 0 aliphatic carbocycles. The summed E-state index contributed by atoms with van der Waals surface area (Å²) in [5.74, 6) is -0.913. The van der Waals surface area contributed by atoms with Crippen molar-refractivity contribution >= 4 is 17.6 Å². The third-order valence-corrected chi connectivity index (χ3v) is 4.07. The first-order valence-electron chi connectivity index (χ1n) is 7.68. The first-order chi connectivity index (χ1) is 11.1. The maximum atomic E-state index is 13.2. The van der Waals surface area contributed by atoms with Gasteiger partial charge in [-0.1, -0.05) is 6.07 Å². The zero-order chi connectivity index (χ0) is 16.2. The van der Waals surface area contributed by atoms with Crippen molar-refractivity contribution in [2.45, 2.75) is 0 Å². The molecule has 23 heavy (non-hydrogen) atoms. The second-order valence-corrected chi connectivity index (χ2v) is 5.50. The van der Waals surface area contributed by atoms with Crippen LogP contribution in [0.2, 0.25) is 0 Å². The van der Waals surface area contributed by atoms with Crippen LogP contribution in [0.5, 0.6) is 0 Å². The lowest BCUT2D eigenvalue weighted by atomic mass is 10.2. The summed E-state index contributed by atoms with van der Waals surface area (Å²) in [6.07, 6.45) is 0. The van der Waals surface area contributed by atoms with Crippen molar-refractivity contribution in [1.82, 2.24) is 14.8 Å². The van der Waals surface area contributed by atoms with Gasteiger partial charge in [0.15, 0.2) is 0 Å². The second-order valence-electron chi connectivity index (χ2n) is 5.50. The van der Waals surface area contributed by atoms with Crippen LogP contribution in [0.3, 0.4) is 0 Å². The Morgan fingerprint density at radius 1 is 0.957 bits per heavy atom. The number of hydrogen-bond donors (Lipinski definition) is 0. The largest absolute Gasteiger partial charge is 0.378 e. The van der Waals surface area contributed by atoms with Crippen LogP contribution in [0.15, 0.2) is 18.2 Å². The molecule has 1 aromatic rings. The monoisotopic (exact) mass is 322 g/mol. The van der Waals surface area contributed by atoms with Crippen LogP contribution in [0.4, 0.5) is 10.2 Å². The van der Waals surface area contributed by atoms with E-state index in [4.69, 9.17) is 4.74 Å². The zero-order valence-corrected chi connectivity index (χ0v) is 12.8. The Morgan fingerprint density at radius 2 is 1.57 bits per heavy atom. The predicted octanol–water partition coefficient (Wildman–Crippen LogP) is -0.272. The Kier molecular flexibility index (Phi) is 4.71. The van der Waals surface area contributed by atoms with Crippen LogP contribution in [0.25, 0.3) is 0 Å². The molecule has 0 spiro atoms. The third kappa shape index (κ3) is 3.58. The molecule has 2 fully saturated rings. The number of halogens is 1. The number of morpholine rings is 1. The minimum atomic E-state index is -0.525. The number of carbonyl (C=O) groups excluding carboxylic acids is 2. The normalized spacial score (nSPS) is 18.9. The Bertz CT molecular complexity index is 584. The summed E-state index contributed by atoms with van der Waals surface area (Å²) in [6, 6.07) is 4.64. The van der Waals surface area contributed by atoms with Crippen molar-refractivity contribution in [2.24, 2.45) is 0 Å². The van der Waals surface area contributed by atoms with E-state index in [9.17, 15) is 14.0 Å². The number of anilines is 1. The van der Waals surface area contributed by atoms with Crippen molar-refractivity contribution in [3.05, 3.63) is 24.1 Å². The van der Waals surface area contributed by atoms with Crippen LogP contribution in [0.1, 0.15) is 0 Å². The fourth-order valence-corrected chi connectivity index (χ4v) is 2.75. The van der Waals surface area contributed by atoms with E-state index in [-0.39, 0.29) is 0 Å². The Balaban J connectivity index is 1.55. The molecule has 2 aliphatic heterocycles. The molecule has 1 aromatic heterocycles. The number of piperazine rings is 1. The van der Waals surface area contributed by atoms with Crippen LogP contribution in [-0.4, -0.2) is 79.1 Å². The fourth-order valence-electron chi connectivity index (χ4n) is 2.75. The topological polar surface area (TPSA) is 66.0 Å². The van der Waals surface area contributed by atoms with Gasteiger partial charge in [0.05, 0.1) is 13.2 Å². The highest BCUT2D eigenvalue weighted by Gasteiger charge is 2.30. The quantitative estimate of drug-likeness (QED) is 0.526. The Morgan fingerprint density at radius 3 is 2.17 bits per heavy atom. The lowest BCUT2D eigenvalue weighted by Crippen LogP contribution is -2.54. The fraction of sp³-hybridized carbons (Fsp3) is 0.533. The molecule has 0 atom stereocenters. The summed E-state index contributed by atoms with van der Waals surface area (Å²) in [7, 11) is 0. The minimum Gasteiger partial charge on any atom is -0.378 e. The van der Waals surface area contributed by atoms with Crippen LogP contribution in [-0.2, 0) is 14.3 Å². The standard InChI is InChI=1S/C15H19FN4O3/c16-12-2-1-3-13(17-12)18-4-6-19(7-5-18)14(21)15(22)20-8-10-23-11-9-20/h1-3H,4-11H2. The maximum Gasteiger partial charge on any atom is 0.312 e. The molecule has 8 heteroatoms. The third-order valence-electron chi connectivity index (χ3n) is 4.07. The molecule has 7 nitrogen and oxygen atoms in total. The average Bonchev–Trinajstić information content (AvgIpc) is 2.61. The van der Waals surface area contributed by atoms with Crippen molar-refractivity contribution in [1.29, 1.82) is 0 Å². The summed E-state index contributed by atoms with van der Waals surface area (Å²) in [5, 5.41) is 0. The highest BCUT2D eigenvalue weighted by Crippen LogP contribution is 2.14. The van der Waals surface area contributed by atoms with Gasteiger partial charge in [-0.2, -0.15) is 4.39 Å². The molecule has 2 amide bonds. The van der Waals surface area contributed by atoms with E-state index in [0.717, 1.165) is 0 Å². The molecule has 0 unspecified atom stereocenters. The van der Waals surface area contributed by atoms with Gasteiger partial charge in [0.2, 0.25) is 5.95 Å². The smallest absolute Gasteiger partial charge is 0.312 e. The van der Waals surface area contributed by atoms with Gasteiger partial charge in [-0.25, -0.2) is 4.98 Å². The van der Waals surface area contributed by atoms with Crippen molar-refractivity contribution in [3.63, 3.8) is 0 Å². The molecule has 0 N–H and O–H groups in total. The molecule has 0 aromatic carbocycles. The van der Waals surface area contributed by atoms with Gasteiger partial charge in [0.25, 0.3) is 0 Å². The van der Waals surface area contributed by atoms with Crippen molar-refractivity contribution in [2.75, 3.05) is 57.4 Å². The molecule has 2 aliphatic rings. The molecule has 0 saturated carbocycles. The summed E-state index contributed by atoms with van der Waals surface area (Å²) < 4.78 is 18.4. The van der Waals surface area contributed by atoms with Crippen LogP contribution in [0, 0.1) is 5.95 Å². The second kappa shape index (κ2) is 6.91. The van der Waals surface area contributed by atoms with Crippen LogP contribution >= 0.6 is 0 Å². The van der Waals surface area contributed by atoms with Gasteiger partial charge in [0, 0.05) is 39.3 Å². The van der Waals surface area contributed by atoms with Crippen molar-refractivity contribution in [3.8, 4) is 0 Å². The predicted molar refractivity (Wildman–Crippen MR) is 80.4 cm³/mol. The van der Waals surface area contributed by atoms with E-state index in [0.29, 0.717) is 58.3 Å². The lowest BCUT2D eigenvalue weighted by molar-refractivity contribution is -0.154. The number of pyridine rings is 1. The number of amides is 2. The highest BCUT2D eigenvalue weighted by atomic mass is 19.1. The number of carbonyl (C=O) groups is 2. The van der Waals surface area contributed by atoms with Gasteiger partial charge in [-0.15, -0.1) is 0 Å². The Labute approximate surface area is 133 Å². The number of aromatic nitrogens is 1. The van der Waals surface area contributed by atoms with E-state index in [2.05, 4.69) is 4.98 Å². The van der Waals surface area contributed by atoms with E-state index in [1.165, 1.54) is 11.0 Å². The Hall–Kier alpha value is -2.22. The molecule has 3 heterocycles. The lowest BCUT2D eigenvalue weighted by Gasteiger charge is -2.36. The van der Waals surface area contributed by atoms with Gasteiger partial charge in [0.1, 0.15) is 5.82 Å². The van der Waals surface area contributed by atoms with Crippen LogP contribution < -0.4 is 4.90 Å². The molecular formula is C15H19FN4O3. The first kappa shape index (κ1) is 15.7. The molecule has 124 valence electrons. The van der Waals surface area contributed by atoms with Gasteiger partial charge in [-0.05, 0) is 12.1 Å². The minimum absolute atomic E-state index is 0.424. The van der Waals surface area contributed by atoms with E-state index >= 15 is 0 Å². The summed E-state index contributed by atoms with van der Waals surface area (Å²) in [4.78, 5) is 33.3. The number of nitrogens with zero attached hydrogens (tertiary/aromatic N) is 4. The van der Waals surface area contributed by atoms with E-state index in [1.54, 1.807) is 17.0 Å². The van der Waals surface area contributed by atoms with Gasteiger partial charge >= 0.3 is 11.8 Å². The average molecular weight is 322 g/mol. The number of rotatable bonds is 1. The first-order valence-corrected chi connectivity index (χ1v) is 7.68. The molecule has 3 rings (SSSR count). The summed E-state index contributed by atoms with van der Waals surface area (Å²) in [5.41, 5.74) is 0. The molecule has 2 saturated heterocycles. The highest BCUT2D eigenvalue weighted by molar-refractivity contribution is 6.34. The number of ether oxygens (including phenoxy) is 1.